The molecule has 1 rings (SSSR count). The smallest absolute Gasteiger partial charge is 0.109 e. The molecule has 0 aromatic carbocycles. The monoisotopic (exact) mass is 208 g/mol. The highest BCUT2D eigenvalue weighted by atomic mass is 16.4. The van der Waals surface area contributed by atoms with Gasteiger partial charge in [0.1, 0.15) is 12.2 Å². The van der Waals surface area contributed by atoms with Crippen molar-refractivity contribution in [2.45, 2.75) is 36.9 Å². The number of aliphatic hydroxyl groups excluding tert-OH is 6. The van der Waals surface area contributed by atoms with E-state index >= 15 is 0 Å². The van der Waals surface area contributed by atoms with Gasteiger partial charge in [0.2, 0.25) is 0 Å². The number of rotatable bonds is 3. The van der Waals surface area contributed by atoms with Crippen LogP contribution in [0, 0.1) is 5.92 Å². The van der Waals surface area contributed by atoms with Crippen LogP contribution >= 0.6 is 0 Å². The summed E-state index contributed by atoms with van der Waals surface area (Å²) < 4.78 is 0. The van der Waals surface area contributed by atoms with E-state index in [2.05, 4.69) is 0 Å². The van der Waals surface area contributed by atoms with Crippen molar-refractivity contribution in [1.29, 1.82) is 0 Å². The zero-order chi connectivity index (χ0) is 10.9. The molecule has 0 bridgehead atoms. The molecule has 0 saturated heterocycles. The van der Waals surface area contributed by atoms with Gasteiger partial charge < -0.3 is 30.6 Å². The number of aliphatic hydroxyl groups is 6. The highest BCUT2D eigenvalue weighted by Crippen LogP contribution is 2.30. The zero-order valence-electron chi connectivity index (χ0n) is 7.56. The molecule has 0 spiro atoms. The first-order valence-electron chi connectivity index (χ1n) is 4.50. The van der Waals surface area contributed by atoms with Crippen molar-refractivity contribution < 1.29 is 30.6 Å². The van der Waals surface area contributed by atoms with Crippen molar-refractivity contribution in [1.82, 2.24) is 0 Å². The lowest BCUT2D eigenvalue weighted by molar-refractivity contribution is -0.0413. The Bertz CT molecular complexity index is 173. The highest BCUT2D eigenvalue weighted by molar-refractivity contribution is 4.98. The van der Waals surface area contributed by atoms with Crippen LogP contribution in [0.3, 0.4) is 0 Å². The van der Waals surface area contributed by atoms with Crippen LogP contribution in [0.15, 0.2) is 0 Å². The van der Waals surface area contributed by atoms with Crippen LogP contribution in [0.4, 0.5) is 0 Å². The van der Waals surface area contributed by atoms with Crippen LogP contribution in [0.1, 0.15) is 6.42 Å². The summed E-state index contributed by atoms with van der Waals surface area (Å²) >= 11 is 0. The summed E-state index contributed by atoms with van der Waals surface area (Å²) in [5.41, 5.74) is 0. The summed E-state index contributed by atoms with van der Waals surface area (Å²) in [6.07, 6.45) is -6.49. The molecule has 6 nitrogen and oxygen atoms in total. The molecule has 1 aliphatic carbocycles. The number of hydrogen-bond donors (Lipinski definition) is 6. The predicted octanol–water partition coefficient (Wildman–Crippen LogP) is -3.20. The summed E-state index contributed by atoms with van der Waals surface area (Å²) in [5, 5.41) is 54.8. The molecule has 6 atom stereocenters. The Morgan fingerprint density at radius 3 is 1.64 bits per heavy atom. The fourth-order valence-corrected chi connectivity index (χ4v) is 1.78. The molecule has 6 heteroatoms. The molecule has 0 aliphatic heterocycles. The van der Waals surface area contributed by atoms with E-state index in [0.29, 0.717) is 0 Å². The highest BCUT2D eigenvalue weighted by Gasteiger charge is 2.48. The number of hydrogen-bond acceptors (Lipinski definition) is 6. The van der Waals surface area contributed by atoms with Crippen LogP contribution in [0.25, 0.3) is 0 Å². The molecular weight excluding hydrogens is 192 g/mol. The first-order chi connectivity index (χ1) is 6.49. The van der Waals surface area contributed by atoms with Gasteiger partial charge in [0, 0.05) is 5.92 Å². The molecule has 1 aliphatic rings. The zero-order valence-corrected chi connectivity index (χ0v) is 7.56. The van der Waals surface area contributed by atoms with E-state index in [1.165, 1.54) is 0 Å². The third-order valence-corrected chi connectivity index (χ3v) is 2.68. The lowest BCUT2D eigenvalue weighted by atomic mass is 9.96. The second kappa shape index (κ2) is 4.52. The predicted molar refractivity (Wildman–Crippen MR) is 45.2 cm³/mol. The minimum absolute atomic E-state index is 0.0625. The van der Waals surface area contributed by atoms with E-state index in [1.54, 1.807) is 0 Å². The average Bonchev–Trinajstić information content (AvgIpc) is 2.35. The first-order valence-corrected chi connectivity index (χ1v) is 4.50. The Labute approximate surface area is 81.1 Å². The van der Waals surface area contributed by atoms with Gasteiger partial charge in [-0.25, -0.2) is 0 Å². The van der Waals surface area contributed by atoms with Gasteiger partial charge >= 0.3 is 0 Å². The Balaban J connectivity index is 2.60. The molecule has 1 fully saturated rings. The fraction of sp³-hybridized carbons (Fsp3) is 1.00. The van der Waals surface area contributed by atoms with Gasteiger partial charge in [0.25, 0.3) is 0 Å². The minimum atomic E-state index is -1.40. The van der Waals surface area contributed by atoms with E-state index in [0.717, 1.165) is 0 Å². The van der Waals surface area contributed by atoms with E-state index < -0.39 is 43.0 Å². The van der Waals surface area contributed by atoms with Crippen LogP contribution in [-0.4, -0.2) is 67.8 Å². The standard InChI is InChI=1S/C8H16O6/c9-2-3(10)1-4-5(11)7(13)8(14)6(4)12/h3-14H,1-2H2/t3?,4?,5-,6+,7+,8-. The molecule has 84 valence electrons. The van der Waals surface area contributed by atoms with Crippen molar-refractivity contribution in [3.05, 3.63) is 0 Å². The topological polar surface area (TPSA) is 121 Å². The minimum Gasteiger partial charge on any atom is -0.394 e. The van der Waals surface area contributed by atoms with Gasteiger partial charge in [0.05, 0.1) is 24.9 Å². The summed E-state index contributed by atoms with van der Waals surface area (Å²) in [4.78, 5) is 0. The van der Waals surface area contributed by atoms with Crippen molar-refractivity contribution >= 4 is 0 Å². The Hall–Kier alpha value is -0.240. The average molecular weight is 208 g/mol. The maximum atomic E-state index is 9.38. The van der Waals surface area contributed by atoms with Gasteiger partial charge in [0.15, 0.2) is 0 Å². The van der Waals surface area contributed by atoms with Gasteiger partial charge in [-0.1, -0.05) is 0 Å². The third kappa shape index (κ3) is 2.05. The molecule has 0 heterocycles. The van der Waals surface area contributed by atoms with Crippen LogP contribution < -0.4 is 0 Å². The van der Waals surface area contributed by atoms with Gasteiger partial charge in [-0.15, -0.1) is 0 Å². The fourth-order valence-electron chi connectivity index (χ4n) is 1.78. The third-order valence-electron chi connectivity index (χ3n) is 2.68. The van der Waals surface area contributed by atoms with Gasteiger partial charge in [-0.3, -0.25) is 0 Å². The van der Waals surface area contributed by atoms with E-state index in [4.69, 9.17) is 10.2 Å². The quantitative estimate of drug-likeness (QED) is 0.290. The molecule has 14 heavy (non-hydrogen) atoms. The first kappa shape index (κ1) is 11.8. The largest absolute Gasteiger partial charge is 0.394 e. The SMILES string of the molecule is OCC(O)CC1[C@@H](O)[C@H](O)[C@H](O)[C@H]1O. The Morgan fingerprint density at radius 2 is 1.29 bits per heavy atom. The summed E-state index contributed by atoms with van der Waals surface area (Å²) in [6, 6.07) is 0. The van der Waals surface area contributed by atoms with Gasteiger partial charge in [-0.05, 0) is 6.42 Å². The summed E-state index contributed by atoms with van der Waals surface area (Å²) in [5.74, 6) is -0.817. The van der Waals surface area contributed by atoms with E-state index in [-0.39, 0.29) is 6.42 Å². The Kier molecular flexibility index (Phi) is 3.82. The molecule has 6 N–H and O–H groups in total. The van der Waals surface area contributed by atoms with Crippen molar-refractivity contribution in [3.8, 4) is 0 Å². The van der Waals surface area contributed by atoms with E-state index in [1.807, 2.05) is 0 Å². The molecular formula is C8H16O6. The molecule has 1 saturated carbocycles. The van der Waals surface area contributed by atoms with E-state index in [9.17, 15) is 20.4 Å². The maximum Gasteiger partial charge on any atom is 0.109 e. The summed E-state index contributed by atoms with van der Waals surface area (Å²) in [7, 11) is 0. The maximum absolute atomic E-state index is 9.38. The molecule has 0 radical (unpaired) electrons. The summed E-state index contributed by atoms with van der Waals surface area (Å²) in [6.45, 7) is -0.484. The molecule has 0 aromatic rings. The van der Waals surface area contributed by atoms with Crippen LogP contribution in [0.2, 0.25) is 0 Å². The Morgan fingerprint density at radius 1 is 0.857 bits per heavy atom. The van der Waals surface area contributed by atoms with Crippen LogP contribution in [0.5, 0.6) is 0 Å². The van der Waals surface area contributed by atoms with Crippen LogP contribution in [-0.2, 0) is 0 Å². The second-order valence-electron chi connectivity index (χ2n) is 3.70. The molecule has 0 amide bonds. The lowest BCUT2D eigenvalue weighted by Gasteiger charge is -2.20. The molecule has 2 unspecified atom stereocenters. The molecule has 0 aromatic heterocycles. The van der Waals surface area contributed by atoms with Crippen molar-refractivity contribution in [2.24, 2.45) is 5.92 Å². The lowest BCUT2D eigenvalue weighted by Crippen LogP contribution is -2.32. The van der Waals surface area contributed by atoms with Crippen molar-refractivity contribution in [3.63, 3.8) is 0 Å². The normalized spacial score (nSPS) is 45.4. The van der Waals surface area contributed by atoms with Gasteiger partial charge in [-0.2, -0.15) is 0 Å². The van der Waals surface area contributed by atoms with Crippen molar-refractivity contribution in [2.75, 3.05) is 6.61 Å². The second-order valence-corrected chi connectivity index (χ2v) is 3.70.